The highest BCUT2D eigenvalue weighted by atomic mass is 32.1. The number of hydrogen-bond acceptors (Lipinski definition) is 3. The topological polar surface area (TPSA) is 34.9 Å². The molecule has 0 radical (unpaired) electrons. The largest absolute Gasteiger partial charge is 0.268 e. The Labute approximate surface area is 126 Å². The summed E-state index contributed by atoms with van der Waals surface area (Å²) in [6.07, 6.45) is 6.19. The van der Waals surface area contributed by atoms with Crippen molar-refractivity contribution in [2.24, 2.45) is 0 Å². The second kappa shape index (κ2) is 4.81. The first-order valence-corrected chi connectivity index (χ1v) is 8.14. The molecule has 0 fully saturated rings. The van der Waals surface area contributed by atoms with Crippen molar-refractivity contribution in [3.05, 3.63) is 57.0 Å². The molecule has 4 heteroatoms. The van der Waals surface area contributed by atoms with E-state index in [1.807, 2.05) is 31.2 Å². The van der Waals surface area contributed by atoms with Crippen molar-refractivity contribution >= 4 is 21.6 Å². The van der Waals surface area contributed by atoms with Gasteiger partial charge in [-0.2, -0.15) is 0 Å². The number of fused-ring (bicyclic) bond motifs is 3. The van der Waals surface area contributed by atoms with Gasteiger partial charge in [-0.05, 0) is 55.9 Å². The van der Waals surface area contributed by atoms with Crippen LogP contribution in [0.2, 0.25) is 0 Å². The summed E-state index contributed by atoms with van der Waals surface area (Å²) in [4.78, 5) is 19.7. The summed E-state index contributed by atoms with van der Waals surface area (Å²) in [7, 11) is 0. The Hall–Kier alpha value is -1.94. The van der Waals surface area contributed by atoms with Gasteiger partial charge in [0.1, 0.15) is 11.2 Å². The zero-order valence-electron chi connectivity index (χ0n) is 11.9. The molecule has 0 bridgehead atoms. The van der Waals surface area contributed by atoms with Crippen LogP contribution in [0.15, 0.2) is 35.4 Å². The predicted octanol–water partition coefficient (Wildman–Crippen LogP) is 3.63. The summed E-state index contributed by atoms with van der Waals surface area (Å²) >= 11 is 1.70. The summed E-state index contributed by atoms with van der Waals surface area (Å²) < 4.78 is 1.68. The standard InChI is InChI=1S/C17H16N2OS/c1-11-5-4-6-12(9-11)19-10-18-16-15(17(19)20)13-7-2-3-8-14(13)21-16/h4-6,9-10H,2-3,7-8H2,1H3. The average molecular weight is 296 g/mol. The normalized spacial score (nSPS) is 14.3. The molecular formula is C17H16N2OS. The minimum Gasteiger partial charge on any atom is -0.268 e. The highest BCUT2D eigenvalue weighted by Gasteiger charge is 2.20. The number of aryl methyl sites for hydroxylation is 3. The summed E-state index contributed by atoms with van der Waals surface area (Å²) in [6.45, 7) is 2.03. The van der Waals surface area contributed by atoms with Gasteiger partial charge in [0.05, 0.1) is 11.1 Å². The maximum Gasteiger partial charge on any atom is 0.266 e. The van der Waals surface area contributed by atoms with Gasteiger partial charge in [-0.15, -0.1) is 11.3 Å². The van der Waals surface area contributed by atoms with Gasteiger partial charge in [-0.1, -0.05) is 12.1 Å². The van der Waals surface area contributed by atoms with Crippen molar-refractivity contribution in [3.63, 3.8) is 0 Å². The minimum atomic E-state index is 0.0741. The third kappa shape index (κ3) is 2.02. The fraction of sp³-hybridized carbons (Fsp3) is 0.294. The van der Waals surface area contributed by atoms with Crippen molar-refractivity contribution in [3.8, 4) is 5.69 Å². The number of hydrogen-bond donors (Lipinski definition) is 0. The number of rotatable bonds is 1. The Balaban J connectivity index is 2.00. The van der Waals surface area contributed by atoms with Crippen LogP contribution >= 0.6 is 11.3 Å². The molecule has 4 rings (SSSR count). The molecule has 1 aliphatic carbocycles. The maximum absolute atomic E-state index is 12.9. The van der Waals surface area contributed by atoms with E-state index >= 15 is 0 Å². The third-order valence-corrected chi connectivity index (χ3v) is 5.36. The van der Waals surface area contributed by atoms with Gasteiger partial charge < -0.3 is 0 Å². The summed E-state index contributed by atoms with van der Waals surface area (Å²) in [5, 5.41) is 0.846. The van der Waals surface area contributed by atoms with E-state index in [1.54, 1.807) is 22.2 Å². The summed E-state index contributed by atoms with van der Waals surface area (Å²) in [5.74, 6) is 0. The number of aromatic nitrogens is 2. The van der Waals surface area contributed by atoms with Crippen LogP contribution in [-0.4, -0.2) is 9.55 Å². The molecule has 0 unspecified atom stereocenters. The zero-order chi connectivity index (χ0) is 14.4. The van der Waals surface area contributed by atoms with Crippen LogP contribution in [0.25, 0.3) is 15.9 Å². The second-order valence-corrected chi connectivity index (χ2v) is 6.73. The van der Waals surface area contributed by atoms with Crippen molar-refractivity contribution in [2.75, 3.05) is 0 Å². The first kappa shape index (κ1) is 12.8. The Kier molecular flexibility index (Phi) is 2.93. The van der Waals surface area contributed by atoms with Gasteiger partial charge in [-0.25, -0.2) is 4.98 Å². The number of benzene rings is 1. The lowest BCUT2D eigenvalue weighted by Crippen LogP contribution is -2.19. The first-order chi connectivity index (χ1) is 10.2. The lowest BCUT2D eigenvalue weighted by molar-refractivity contribution is 0.699. The van der Waals surface area contributed by atoms with E-state index in [2.05, 4.69) is 4.98 Å². The van der Waals surface area contributed by atoms with Crippen LogP contribution in [0.1, 0.15) is 28.8 Å². The quantitative estimate of drug-likeness (QED) is 0.687. The highest BCUT2D eigenvalue weighted by Crippen LogP contribution is 2.33. The van der Waals surface area contributed by atoms with Crippen molar-refractivity contribution < 1.29 is 0 Å². The molecule has 0 spiro atoms. The molecule has 0 saturated carbocycles. The second-order valence-electron chi connectivity index (χ2n) is 5.65. The van der Waals surface area contributed by atoms with Gasteiger partial charge in [0.15, 0.2) is 0 Å². The van der Waals surface area contributed by atoms with Crippen LogP contribution in [0.3, 0.4) is 0 Å². The molecule has 1 aromatic carbocycles. The van der Waals surface area contributed by atoms with Crippen LogP contribution in [0, 0.1) is 6.92 Å². The van der Waals surface area contributed by atoms with E-state index < -0.39 is 0 Å². The molecule has 0 aliphatic heterocycles. The van der Waals surface area contributed by atoms with E-state index in [0.29, 0.717) is 0 Å². The molecule has 0 saturated heterocycles. The zero-order valence-corrected chi connectivity index (χ0v) is 12.7. The molecular weight excluding hydrogens is 280 g/mol. The van der Waals surface area contributed by atoms with Gasteiger partial charge in [-0.3, -0.25) is 9.36 Å². The van der Waals surface area contributed by atoms with E-state index in [1.165, 1.54) is 23.3 Å². The van der Waals surface area contributed by atoms with Crippen LogP contribution in [-0.2, 0) is 12.8 Å². The SMILES string of the molecule is Cc1cccc(-n2cnc3sc4c(c3c2=O)CCCC4)c1. The predicted molar refractivity (Wildman–Crippen MR) is 86.6 cm³/mol. The Bertz CT molecular complexity index is 891. The van der Waals surface area contributed by atoms with E-state index in [9.17, 15) is 4.79 Å². The van der Waals surface area contributed by atoms with Crippen molar-refractivity contribution in [1.29, 1.82) is 0 Å². The van der Waals surface area contributed by atoms with Crippen LogP contribution in [0.5, 0.6) is 0 Å². The average Bonchev–Trinajstić information content (AvgIpc) is 2.87. The fourth-order valence-corrected chi connectivity index (χ4v) is 4.33. The van der Waals surface area contributed by atoms with Gasteiger partial charge in [0.25, 0.3) is 5.56 Å². The van der Waals surface area contributed by atoms with E-state index in [4.69, 9.17) is 0 Å². The van der Waals surface area contributed by atoms with E-state index in [-0.39, 0.29) is 5.56 Å². The third-order valence-electron chi connectivity index (χ3n) is 4.16. The molecule has 0 N–H and O–H groups in total. The number of thiophene rings is 1. The summed E-state index contributed by atoms with van der Waals surface area (Å²) in [6, 6.07) is 7.99. The van der Waals surface area contributed by atoms with Crippen LogP contribution < -0.4 is 5.56 Å². The first-order valence-electron chi connectivity index (χ1n) is 7.33. The fourth-order valence-electron chi connectivity index (χ4n) is 3.11. The Morgan fingerprint density at radius 2 is 2.10 bits per heavy atom. The summed E-state index contributed by atoms with van der Waals surface area (Å²) in [5.41, 5.74) is 3.36. The highest BCUT2D eigenvalue weighted by molar-refractivity contribution is 7.18. The monoisotopic (exact) mass is 296 g/mol. The molecule has 0 amide bonds. The van der Waals surface area contributed by atoms with Crippen molar-refractivity contribution in [2.45, 2.75) is 32.6 Å². The molecule has 2 heterocycles. The van der Waals surface area contributed by atoms with Gasteiger partial charge in [0.2, 0.25) is 0 Å². The Morgan fingerprint density at radius 1 is 1.24 bits per heavy atom. The molecule has 2 aromatic heterocycles. The lowest BCUT2D eigenvalue weighted by Gasteiger charge is -2.10. The molecule has 3 aromatic rings. The molecule has 1 aliphatic rings. The molecule has 106 valence electrons. The van der Waals surface area contributed by atoms with E-state index in [0.717, 1.165) is 34.3 Å². The Morgan fingerprint density at radius 3 is 2.95 bits per heavy atom. The lowest BCUT2D eigenvalue weighted by atomic mass is 9.97. The van der Waals surface area contributed by atoms with Gasteiger partial charge >= 0.3 is 0 Å². The molecule has 0 atom stereocenters. The number of nitrogens with zero attached hydrogens (tertiary/aromatic N) is 2. The van der Waals surface area contributed by atoms with Gasteiger partial charge in [0, 0.05) is 4.88 Å². The smallest absolute Gasteiger partial charge is 0.266 e. The van der Waals surface area contributed by atoms with Crippen molar-refractivity contribution in [1.82, 2.24) is 9.55 Å². The molecule has 21 heavy (non-hydrogen) atoms. The minimum absolute atomic E-state index is 0.0741. The maximum atomic E-state index is 12.9. The molecule has 3 nitrogen and oxygen atoms in total. The van der Waals surface area contributed by atoms with Crippen LogP contribution in [0.4, 0.5) is 0 Å².